The smallest absolute Gasteiger partial charge is 0.407 e. The molecule has 2 saturated carbocycles. The van der Waals surface area contributed by atoms with E-state index in [9.17, 15) is 19.2 Å². The van der Waals surface area contributed by atoms with Gasteiger partial charge in [0, 0.05) is 42.2 Å². The number of hydrogen-bond donors (Lipinski definition) is 5. The van der Waals surface area contributed by atoms with Gasteiger partial charge >= 0.3 is 6.09 Å². The molecule has 0 unspecified atom stereocenters. The average molecular weight is 824 g/mol. The van der Waals surface area contributed by atoms with Gasteiger partial charge in [0.2, 0.25) is 17.6 Å². The Morgan fingerprint density at radius 2 is 1.65 bits per heavy atom. The summed E-state index contributed by atoms with van der Waals surface area (Å²) in [7, 11) is 4.21. The van der Waals surface area contributed by atoms with Gasteiger partial charge in [-0.3, -0.25) is 14.4 Å². The highest BCUT2D eigenvalue weighted by atomic mass is 19.1. The van der Waals surface area contributed by atoms with Crippen LogP contribution in [-0.2, 0) is 20.7 Å². The molecule has 0 radical (unpaired) electrons. The van der Waals surface area contributed by atoms with Crippen LogP contribution in [0.25, 0.3) is 22.5 Å². The number of tetrazole rings is 1. The zero-order chi connectivity index (χ0) is 43.0. The third-order valence-corrected chi connectivity index (χ3v) is 11.5. The highest BCUT2D eigenvalue weighted by Gasteiger charge is 2.31. The molecule has 1 atom stereocenters. The number of anilines is 1. The molecular weight excluding hydrogens is 766 g/mol. The Morgan fingerprint density at radius 1 is 0.917 bits per heavy atom. The van der Waals surface area contributed by atoms with Crippen molar-refractivity contribution in [2.45, 2.75) is 109 Å². The van der Waals surface area contributed by atoms with E-state index in [1.165, 1.54) is 12.1 Å². The molecule has 0 saturated heterocycles. The topological polar surface area (TPSA) is 183 Å². The van der Waals surface area contributed by atoms with Crippen LogP contribution in [0, 0.1) is 24.6 Å². The molecule has 60 heavy (non-hydrogen) atoms. The Hall–Kier alpha value is -5.70. The number of amides is 4. The van der Waals surface area contributed by atoms with E-state index in [1.807, 2.05) is 70.2 Å². The number of nitrogens with one attached hydrogen (secondary N) is 5. The van der Waals surface area contributed by atoms with Gasteiger partial charge in [-0.05, 0) is 157 Å². The monoisotopic (exact) mass is 823 g/mol. The molecule has 3 aromatic carbocycles. The van der Waals surface area contributed by atoms with Crippen molar-refractivity contribution in [1.82, 2.24) is 41.5 Å². The fourth-order valence-electron chi connectivity index (χ4n) is 8.18. The second kappa shape index (κ2) is 19.6. The van der Waals surface area contributed by atoms with E-state index in [4.69, 9.17) is 4.74 Å². The third kappa shape index (κ3) is 12.0. The van der Waals surface area contributed by atoms with Gasteiger partial charge in [-0.25, -0.2) is 9.18 Å². The molecule has 6 rings (SSSR count). The number of nitrogens with zero attached hydrogens (tertiary/aromatic N) is 4. The van der Waals surface area contributed by atoms with E-state index in [0.29, 0.717) is 31.0 Å². The van der Waals surface area contributed by atoms with Crippen molar-refractivity contribution in [2.75, 3.05) is 26.0 Å². The number of ether oxygens (including phenoxy) is 1. The van der Waals surface area contributed by atoms with Gasteiger partial charge in [0.05, 0.1) is 5.56 Å². The maximum Gasteiger partial charge on any atom is 0.407 e. The lowest BCUT2D eigenvalue weighted by molar-refractivity contribution is -0.130. The number of aromatic amines is 1. The lowest BCUT2D eigenvalue weighted by Gasteiger charge is -2.33. The maximum atomic E-state index is 15.1. The summed E-state index contributed by atoms with van der Waals surface area (Å²) in [6, 6.07) is 17.4. The van der Waals surface area contributed by atoms with E-state index in [0.717, 1.165) is 60.8 Å². The normalized spacial score (nSPS) is 19.9. The summed E-state index contributed by atoms with van der Waals surface area (Å²) in [5.74, 6) is -1.50. The van der Waals surface area contributed by atoms with Crippen LogP contribution < -0.4 is 21.3 Å². The number of aryl methyl sites for hydroxylation is 1. The minimum absolute atomic E-state index is 0.0772. The SMILES string of the molecule is Cc1cc(C(=O)NC2CCC(N(C)C)CC2)ccc1-c1cccc(C[C@H](NC(=O)C2CCC(CNC(=O)OC(C)(C)C)CC2)C(=O)Nc2ccc(-c3nn[nH]n3)c(F)c2)c1. The first-order valence-corrected chi connectivity index (χ1v) is 20.9. The van der Waals surface area contributed by atoms with Gasteiger partial charge in [-0.15, -0.1) is 10.2 Å². The van der Waals surface area contributed by atoms with Crippen LogP contribution >= 0.6 is 0 Å². The summed E-state index contributed by atoms with van der Waals surface area (Å²) in [6.07, 6.45) is 6.40. The molecule has 4 aromatic rings. The molecule has 2 aliphatic carbocycles. The summed E-state index contributed by atoms with van der Waals surface area (Å²) in [4.78, 5) is 55.5. The van der Waals surface area contributed by atoms with Crippen LogP contribution in [-0.4, -0.2) is 93.7 Å². The maximum absolute atomic E-state index is 15.1. The Labute approximate surface area is 351 Å². The lowest BCUT2D eigenvalue weighted by Crippen LogP contribution is -2.48. The Balaban J connectivity index is 1.13. The van der Waals surface area contributed by atoms with Crippen LogP contribution in [0.2, 0.25) is 0 Å². The molecule has 1 aromatic heterocycles. The Morgan fingerprint density at radius 3 is 2.30 bits per heavy atom. The van der Waals surface area contributed by atoms with Gasteiger partial charge in [0.25, 0.3) is 5.91 Å². The van der Waals surface area contributed by atoms with E-state index in [-0.39, 0.29) is 53.2 Å². The molecule has 15 heteroatoms. The summed E-state index contributed by atoms with van der Waals surface area (Å²) in [5, 5.41) is 25.3. The molecule has 320 valence electrons. The zero-order valence-corrected chi connectivity index (χ0v) is 35.4. The first-order valence-electron chi connectivity index (χ1n) is 20.9. The summed E-state index contributed by atoms with van der Waals surface area (Å²) in [5.41, 5.74) is 3.92. The Bertz CT molecular complexity index is 2120. The van der Waals surface area contributed by atoms with Crippen LogP contribution in [0.15, 0.2) is 60.7 Å². The number of rotatable bonds is 13. The molecule has 0 aliphatic heterocycles. The van der Waals surface area contributed by atoms with Crippen molar-refractivity contribution in [2.24, 2.45) is 11.8 Å². The molecule has 0 bridgehead atoms. The largest absolute Gasteiger partial charge is 0.444 e. The molecule has 0 spiro atoms. The number of H-pyrrole nitrogens is 1. The second-order valence-electron chi connectivity index (χ2n) is 17.5. The van der Waals surface area contributed by atoms with Crippen molar-refractivity contribution in [3.63, 3.8) is 0 Å². The predicted octanol–water partition coefficient (Wildman–Crippen LogP) is 6.58. The highest BCUT2D eigenvalue weighted by molar-refractivity contribution is 5.98. The third-order valence-electron chi connectivity index (χ3n) is 11.5. The van der Waals surface area contributed by atoms with E-state index >= 15 is 4.39 Å². The van der Waals surface area contributed by atoms with Crippen molar-refractivity contribution < 1.29 is 28.3 Å². The zero-order valence-electron chi connectivity index (χ0n) is 35.4. The van der Waals surface area contributed by atoms with Gasteiger partial charge in [0.1, 0.15) is 17.5 Å². The minimum atomic E-state index is -0.987. The highest BCUT2D eigenvalue weighted by Crippen LogP contribution is 2.30. The van der Waals surface area contributed by atoms with Crippen molar-refractivity contribution in [3.05, 3.63) is 83.2 Å². The van der Waals surface area contributed by atoms with Gasteiger partial charge in [-0.1, -0.05) is 30.3 Å². The number of hydrogen-bond acceptors (Lipinski definition) is 9. The molecule has 2 aliphatic rings. The predicted molar refractivity (Wildman–Crippen MR) is 227 cm³/mol. The lowest BCUT2D eigenvalue weighted by atomic mass is 9.81. The summed E-state index contributed by atoms with van der Waals surface area (Å²) < 4.78 is 20.5. The standard InChI is InChI=1S/C45H58FN9O5/c1-27-22-32(42(57)48-33-15-18-35(19-16-33)55(5)6)14-20-36(27)31-9-7-8-29(23-31)24-39(43(58)49-34-17-21-37(38(46)25-34)40-51-53-54-52-40)50-41(56)30-12-10-28(11-13-30)26-47-44(59)60-45(2,3)4/h7-9,14,17,20-23,25,28,30,33,35,39H,10-13,15-16,18-19,24,26H2,1-6H3,(H,47,59)(H,48,57)(H,49,58)(H,50,56)(H,51,52,53,54)/t28?,30?,33?,35?,39-/m0/s1. The number of carbonyl (C=O) groups is 4. The number of benzene rings is 3. The van der Waals surface area contributed by atoms with Gasteiger partial charge < -0.3 is 30.9 Å². The van der Waals surface area contributed by atoms with Crippen molar-refractivity contribution in [3.8, 4) is 22.5 Å². The molecule has 4 amide bonds. The van der Waals surface area contributed by atoms with Crippen LogP contribution in [0.4, 0.5) is 14.9 Å². The molecule has 5 N–H and O–H groups in total. The van der Waals surface area contributed by atoms with E-state index in [1.54, 1.807) is 6.07 Å². The molecule has 1 heterocycles. The van der Waals surface area contributed by atoms with Gasteiger partial charge in [-0.2, -0.15) is 5.21 Å². The summed E-state index contributed by atoms with van der Waals surface area (Å²) in [6.45, 7) is 7.87. The van der Waals surface area contributed by atoms with E-state index < -0.39 is 29.5 Å². The van der Waals surface area contributed by atoms with Crippen LogP contribution in [0.5, 0.6) is 0 Å². The van der Waals surface area contributed by atoms with Crippen molar-refractivity contribution in [1.29, 1.82) is 0 Å². The number of aromatic nitrogens is 4. The van der Waals surface area contributed by atoms with Crippen LogP contribution in [0.3, 0.4) is 0 Å². The van der Waals surface area contributed by atoms with Crippen LogP contribution in [0.1, 0.15) is 93.6 Å². The molecule has 14 nitrogen and oxygen atoms in total. The molecule has 2 fully saturated rings. The minimum Gasteiger partial charge on any atom is -0.444 e. The van der Waals surface area contributed by atoms with Crippen molar-refractivity contribution >= 4 is 29.5 Å². The number of halogens is 1. The number of carbonyl (C=O) groups excluding carboxylic acids is 4. The second-order valence-corrected chi connectivity index (χ2v) is 17.5. The molecular formula is C45H58FN9O5. The van der Waals surface area contributed by atoms with E-state index in [2.05, 4.69) is 60.9 Å². The first-order chi connectivity index (χ1) is 28.6. The fourth-order valence-corrected chi connectivity index (χ4v) is 8.18. The summed E-state index contributed by atoms with van der Waals surface area (Å²) >= 11 is 0. The Kier molecular flexibility index (Phi) is 14.3. The number of alkyl carbamates (subject to hydrolysis) is 1. The quantitative estimate of drug-likeness (QED) is 0.0995. The average Bonchev–Trinajstić information content (AvgIpc) is 3.74. The first kappa shape index (κ1) is 43.9. The van der Waals surface area contributed by atoms with Gasteiger partial charge in [0.15, 0.2) is 0 Å². The fraction of sp³-hybridized carbons (Fsp3) is 0.489.